The number of fused-ring (bicyclic) bond motifs is 1. The van der Waals surface area contributed by atoms with E-state index in [0.717, 1.165) is 11.3 Å². The number of benzene rings is 1. The van der Waals surface area contributed by atoms with E-state index in [9.17, 15) is 4.79 Å². The SMILES string of the molecule is COc1ccc([C@H]2C(C(=O)OC(C)C)=C(C)Nc3nnnn32)cc1. The Hall–Kier alpha value is -2.90. The Morgan fingerprint density at radius 3 is 2.62 bits per heavy atom. The number of carbonyl (C=O) groups is 1. The molecule has 0 amide bonds. The Bertz CT molecular complexity index is 779. The van der Waals surface area contributed by atoms with Gasteiger partial charge in [-0.15, -0.1) is 0 Å². The highest BCUT2D eigenvalue weighted by Gasteiger charge is 2.35. The molecule has 0 radical (unpaired) electrons. The van der Waals surface area contributed by atoms with Gasteiger partial charge in [-0.3, -0.25) is 0 Å². The van der Waals surface area contributed by atoms with E-state index < -0.39 is 12.0 Å². The average Bonchev–Trinajstić information content (AvgIpc) is 3.00. The molecule has 0 aliphatic carbocycles. The van der Waals surface area contributed by atoms with Gasteiger partial charge < -0.3 is 14.8 Å². The molecule has 8 nitrogen and oxygen atoms in total. The number of nitrogens with one attached hydrogen (secondary N) is 1. The quantitative estimate of drug-likeness (QED) is 0.857. The maximum atomic E-state index is 12.6. The van der Waals surface area contributed by atoms with Gasteiger partial charge in [-0.2, -0.15) is 4.68 Å². The Kier molecular flexibility index (Phi) is 4.20. The predicted octanol–water partition coefficient (Wildman–Crippen LogP) is 1.92. The van der Waals surface area contributed by atoms with E-state index in [1.165, 1.54) is 0 Å². The summed E-state index contributed by atoms with van der Waals surface area (Å²) < 4.78 is 12.2. The minimum absolute atomic E-state index is 0.218. The first-order chi connectivity index (χ1) is 11.5. The van der Waals surface area contributed by atoms with Gasteiger partial charge >= 0.3 is 5.97 Å². The van der Waals surface area contributed by atoms with Gasteiger partial charge in [-0.05, 0) is 48.9 Å². The lowest BCUT2D eigenvalue weighted by atomic mass is 9.95. The third-order valence-corrected chi connectivity index (χ3v) is 3.71. The molecule has 126 valence electrons. The molecule has 3 rings (SSSR count). The number of carbonyl (C=O) groups excluding carboxylic acids is 1. The number of tetrazole rings is 1. The van der Waals surface area contributed by atoms with Crippen LogP contribution in [0.1, 0.15) is 32.4 Å². The van der Waals surface area contributed by atoms with Crippen LogP contribution in [0.15, 0.2) is 35.5 Å². The van der Waals surface area contributed by atoms with Gasteiger partial charge in [-0.25, -0.2) is 4.79 Å². The summed E-state index contributed by atoms with van der Waals surface area (Å²) in [6, 6.07) is 6.98. The van der Waals surface area contributed by atoms with Gasteiger partial charge in [0, 0.05) is 5.70 Å². The van der Waals surface area contributed by atoms with Gasteiger partial charge in [0.25, 0.3) is 0 Å². The number of ether oxygens (including phenoxy) is 2. The van der Waals surface area contributed by atoms with Crippen LogP contribution in [0.3, 0.4) is 0 Å². The Labute approximate surface area is 139 Å². The molecule has 1 aliphatic heterocycles. The van der Waals surface area contributed by atoms with Crippen molar-refractivity contribution >= 4 is 11.9 Å². The molecule has 0 bridgehead atoms. The number of hydrogen-bond acceptors (Lipinski definition) is 7. The van der Waals surface area contributed by atoms with Crippen molar-refractivity contribution in [2.75, 3.05) is 12.4 Å². The van der Waals surface area contributed by atoms with Crippen molar-refractivity contribution in [2.45, 2.75) is 32.9 Å². The fraction of sp³-hybridized carbons (Fsp3) is 0.375. The normalized spacial score (nSPS) is 16.6. The third-order valence-electron chi connectivity index (χ3n) is 3.71. The van der Waals surface area contributed by atoms with Crippen LogP contribution < -0.4 is 10.1 Å². The molecule has 0 fully saturated rings. The van der Waals surface area contributed by atoms with Gasteiger partial charge in [0.05, 0.1) is 18.8 Å². The monoisotopic (exact) mass is 329 g/mol. The summed E-state index contributed by atoms with van der Waals surface area (Å²) in [6.45, 7) is 5.44. The van der Waals surface area contributed by atoms with Crippen molar-refractivity contribution in [3.05, 3.63) is 41.1 Å². The van der Waals surface area contributed by atoms with Crippen LogP contribution in [0, 0.1) is 0 Å². The van der Waals surface area contributed by atoms with Crippen molar-refractivity contribution in [2.24, 2.45) is 0 Å². The largest absolute Gasteiger partial charge is 0.497 e. The molecule has 24 heavy (non-hydrogen) atoms. The zero-order valence-electron chi connectivity index (χ0n) is 14.0. The van der Waals surface area contributed by atoms with E-state index in [2.05, 4.69) is 20.8 Å². The highest BCUT2D eigenvalue weighted by Crippen LogP contribution is 2.35. The maximum Gasteiger partial charge on any atom is 0.338 e. The standard InChI is InChI=1S/C16H19N5O3/c1-9(2)24-15(22)13-10(3)17-16-18-19-20-21(16)14(13)11-5-7-12(23-4)8-6-11/h5-9,14H,1-4H3,(H,17,18,20)/t14-/m0/s1. The molecule has 2 aromatic rings. The Balaban J connectivity index is 2.08. The number of allylic oxidation sites excluding steroid dienone is 1. The second-order valence-electron chi connectivity index (χ2n) is 5.74. The molecule has 0 unspecified atom stereocenters. The van der Waals surface area contributed by atoms with Crippen LogP contribution in [0.4, 0.5) is 5.95 Å². The number of hydrogen-bond donors (Lipinski definition) is 1. The summed E-state index contributed by atoms with van der Waals surface area (Å²) in [5.74, 6) is 0.822. The van der Waals surface area contributed by atoms with Gasteiger partial charge in [0.15, 0.2) is 0 Å². The van der Waals surface area contributed by atoms with Crippen LogP contribution in [-0.2, 0) is 9.53 Å². The van der Waals surface area contributed by atoms with E-state index >= 15 is 0 Å². The molecule has 1 aromatic heterocycles. The fourth-order valence-electron chi connectivity index (χ4n) is 2.65. The third kappa shape index (κ3) is 2.82. The number of aromatic nitrogens is 4. The van der Waals surface area contributed by atoms with E-state index in [4.69, 9.17) is 9.47 Å². The topological polar surface area (TPSA) is 91.2 Å². The molecule has 0 saturated heterocycles. The molecule has 2 heterocycles. The summed E-state index contributed by atoms with van der Waals surface area (Å²) >= 11 is 0. The van der Waals surface area contributed by atoms with Crippen LogP contribution in [0.2, 0.25) is 0 Å². The van der Waals surface area contributed by atoms with Crippen molar-refractivity contribution in [3.8, 4) is 5.75 Å². The van der Waals surface area contributed by atoms with Gasteiger partial charge in [0.2, 0.25) is 5.95 Å². The first kappa shape index (κ1) is 16.0. The zero-order valence-corrected chi connectivity index (χ0v) is 14.0. The van der Waals surface area contributed by atoms with Crippen molar-refractivity contribution in [1.29, 1.82) is 0 Å². The van der Waals surface area contributed by atoms with Crippen molar-refractivity contribution in [3.63, 3.8) is 0 Å². The summed E-state index contributed by atoms with van der Waals surface area (Å²) in [6.07, 6.45) is -0.218. The molecule has 8 heteroatoms. The minimum Gasteiger partial charge on any atom is -0.497 e. The van der Waals surface area contributed by atoms with Crippen LogP contribution in [0.5, 0.6) is 5.75 Å². The maximum absolute atomic E-state index is 12.6. The number of anilines is 1. The number of esters is 1. The second-order valence-corrected chi connectivity index (χ2v) is 5.74. The summed E-state index contributed by atoms with van der Waals surface area (Å²) in [7, 11) is 1.61. The second kappa shape index (κ2) is 6.31. The van der Waals surface area contributed by atoms with E-state index in [1.807, 2.05) is 45.0 Å². The Morgan fingerprint density at radius 1 is 1.29 bits per heavy atom. The van der Waals surface area contributed by atoms with Crippen molar-refractivity contribution < 1.29 is 14.3 Å². The molecule has 1 atom stereocenters. The molecule has 1 aliphatic rings. The molecular formula is C16H19N5O3. The summed E-state index contributed by atoms with van der Waals surface area (Å²) in [5.41, 5.74) is 2.01. The number of rotatable bonds is 4. The molecule has 0 saturated carbocycles. The van der Waals surface area contributed by atoms with Crippen LogP contribution in [0.25, 0.3) is 0 Å². The fourth-order valence-corrected chi connectivity index (χ4v) is 2.65. The summed E-state index contributed by atoms with van der Waals surface area (Å²) in [4.78, 5) is 12.6. The van der Waals surface area contributed by atoms with Crippen LogP contribution >= 0.6 is 0 Å². The lowest BCUT2D eigenvalue weighted by Gasteiger charge is -2.27. The highest BCUT2D eigenvalue weighted by atomic mass is 16.5. The van der Waals surface area contributed by atoms with Gasteiger partial charge in [-0.1, -0.05) is 17.2 Å². The highest BCUT2D eigenvalue weighted by molar-refractivity contribution is 5.92. The molecule has 1 N–H and O–H groups in total. The van der Waals surface area contributed by atoms with Gasteiger partial charge in [0.1, 0.15) is 11.8 Å². The van der Waals surface area contributed by atoms with E-state index in [0.29, 0.717) is 17.2 Å². The smallest absolute Gasteiger partial charge is 0.338 e. The van der Waals surface area contributed by atoms with Crippen LogP contribution in [-0.4, -0.2) is 39.4 Å². The molecule has 1 aromatic carbocycles. The van der Waals surface area contributed by atoms with Crippen molar-refractivity contribution in [1.82, 2.24) is 20.2 Å². The first-order valence-corrected chi connectivity index (χ1v) is 7.62. The summed E-state index contributed by atoms with van der Waals surface area (Å²) in [5, 5.41) is 14.7. The lowest BCUT2D eigenvalue weighted by Crippen LogP contribution is -2.30. The van der Waals surface area contributed by atoms with E-state index in [-0.39, 0.29) is 6.10 Å². The number of nitrogens with zero attached hydrogens (tertiary/aromatic N) is 4. The number of methoxy groups -OCH3 is 1. The molecular weight excluding hydrogens is 310 g/mol. The average molecular weight is 329 g/mol. The lowest BCUT2D eigenvalue weighted by molar-refractivity contribution is -0.143. The zero-order chi connectivity index (χ0) is 17.3. The minimum atomic E-state index is -0.464. The van der Waals surface area contributed by atoms with E-state index in [1.54, 1.807) is 11.8 Å². The predicted molar refractivity (Wildman–Crippen MR) is 86.5 cm³/mol. The Morgan fingerprint density at radius 2 is 2.00 bits per heavy atom. The first-order valence-electron chi connectivity index (χ1n) is 7.62. The molecule has 0 spiro atoms.